The Morgan fingerprint density at radius 1 is 0.963 bits per heavy atom. The van der Waals surface area contributed by atoms with E-state index >= 15 is 0 Å². The normalized spacial score (nSPS) is 22.3. The van der Waals surface area contributed by atoms with Crippen molar-refractivity contribution in [3.8, 4) is 6.07 Å². The Balaban J connectivity index is 2.72. The average molecular weight is 438 g/mol. The van der Waals surface area contributed by atoms with E-state index in [9.17, 15) is 19.6 Å². The second-order valence-electron chi connectivity index (χ2n) is 5.87. The molecule has 0 bridgehead atoms. The Morgan fingerprint density at radius 2 is 1.41 bits per heavy atom. The highest BCUT2D eigenvalue weighted by atomic mass is 79.9. The summed E-state index contributed by atoms with van der Waals surface area (Å²) in [4.78, 5) is 38.5. The summed E-state index contributed by atoms with van der Waals surface area (Å²) < 4.78 is 16.0. The first kappa shape index (κ1) is 20.9. The molecule has 0 radical (unpaired) electrons. The first-order valence-corrected chi connectivity index (χ1v) is 9.36. The standard InChI is InChI=1S/C19H20BrNO6/c1-4-25-15(22)18(11-21)14(12-7-9-13(20)10-8-12)19(18,16(23)26-5-2)17(24)27-6-3/h7-10,14H,4-6H2,1-3H3/t14-,18+/m0/s1. The van der Waals surface area contributed by atoms with Crippen LogP contribution in [0.1, 0.15) is 32.3 Å². The summed E-state index contributed by atoms with van der Waals surface area (Å²) in [7, 11) is 0. The van der Waals surface area contributed by atoms with E-state index in [1.807, 2.05) is 6.07 Å². The van der Waals surface area contributed by atoms with E-state index in [4.69, 9.17) is 14.2 Å². The lowest BCUT2D eigenvalue weighted by atomic mass is 9.93. The molecule has 1 aliphatic rings. The van der Waals surface area contributed by atoms with Gasteiger partial charge in [0, 0.05) is 10.4 Å². The number of carbonyl (C=O) groups is 3. The third-order valence-electron chi connectivity index (χ3n) is 4.58. The molecule has 1 saturated carbocycles. The zero-order valence-electron chi connectivity index (χ0n) is 15.3. The fourth-order valence-electron chi connectivity index (χ4n) is 3.48. The molecule has 1 aromatic carbocycles. The predicted molar refractivity (Wildman–Crippen MR) is 97.3 cm³/mol. The second-order valence-corrected chi connectivity index (χ2v) is 6.79. The van der Waals surface area contributed by atoms with Gasteiger partial charge in [0.2, 0.25) is 5.41 Å². The van der Waals surface area contributed by atoms with Crippen LogP contribution in [0.4, 0.5) is 0 Å². The summed E-state index contributed by atoms with van der Waals surface area (Å²) in [6.07, 6.45) is 0. The van der Waals surface area contributed by atoms with Crippen molar-refractivity contribution in [1.82, 2.24) is 0 Å². The maximum atomic E-state index is 12.9. The average Bonchev–Trinajstić information content (AvgIpc) is 3.29. The zero-order chi connectivity index (χ0) is 20.2. The highest BCUT2D eigenvalue weighted by Crippen LogP contribution is 2.75. The Bertz CT molecular complexity index is 766. The number of nitriles is 1. The van der Waals surface area contributed by atoms with Crippen LogP contribution in [-0.2, 0) is 28.6 Å². The monoisotopic (exact) mass is 437 g/mol. The molecule has 0 N–H and O–H groups in total. The van der Waals surface area contributed by atoms with Gasteiger partial charge in [0.05, 0.1) is 25.9 Å². The number of esters is 3. The van der Waals surface area contributed by atoms with Crippen molar-refractivity contribution in [2.45, 2.75) is 26.7 Å². The molecule has 144 valence electrons. The Morgan fingerprint density at radius 3 is 1.81 bits per heavy atom. The summed E-state index contributed by atoms with van der Waals surface area (Å²) in [5, 5.41) is 9.93. The van der Waals surface area contributed by atoms with Gasteiger partial charge in [0.25, 0.3) is 0 Å². The third kappa shape index (κ3) is 3.00. The molecule has 27 heavy (non-hydrogen) atoms. The molecule has 0 unspecified atom stereocenters. The summed E-state index contributed by atoms with van der Waals surface area (Å²) >= 11 is 3.31. The Kier molecular flexibility index (Phi) is 6.26. The van der Waals surface area contributed by atoms with Gasteiger partial charge < -0.3 is 14.2 Å². The molecule has 1 aromatic rings. The van der Waals surface area contributed by atoms with E-state index in [-0.39, 0.29) is 19.8 Å². The number of ether oxygens (including phenoxy) is 3. The van der Waals surface area contributed by atoms with Crippen molar-refractivity contribution in [2.75, 3.05) is 19.8 Å². The number of hydrogen-bond donors (Lipinski definition) is 0. The molecule has 1 aliphatic carbocycles. The van der Waals surface area contributed by atoms with Crippen molar-refractivity contribution in [3.63, 3.8) is 0 Å². The molecule has 2 rings (SSSR count). The van der Waals surface area contributed by atoms with Crippen molar-refractivity contribution in [2.24, 2.45) is 10.8 Å². The first-order valence-electron chi connectivity index (χ1n) is 8.56. The van der Waals surface area contributed by atoms with E-state index in [2.05, 4.69) is 15.9 Å². The summed E-state index contributed by atoms with van der Waals surface area (Å²) in [6, 6.07) is 8.55. The number of halogens is 1. The topological polar surface area (TPSA) is 103 Å². The van der Waals surface area contributed by atoms with Gasteiger partial charge in [-0.3, -0.25) is 14.4 Å². The lowest BCUT2D eigenvalue weighted by Crippen LogP contribution is -2.39. The van der Waals surface area contributed by atoms with Crippen LogP contribution in [0.5, 0.6) is 0 Å². The van der Waals surface area contributed by atoms with E-state index in [0.717, 1.165) is 4.47 Å². The number of rotatable bonds is 7. The van der Waals surface area contributed by atoms with E-state index in [0.29, 0.717) is 5.56 Å². The van der Waals surface area contributed by atoms with Crippen molar-refractivity contribution in [3.05, 3.63) is 34.3 Å². The summed E-state index contributed by atoms with van der Waals surface area (Å²) in [6.45, 7) is 4.70. The highest BCUT2D eigenvalue weighted by Gasteiger charge is 2.92. The van der Waals surface area contributed by atoms with Crippen LogP contribution in [0, 0.1) is 22.2 Å². The molecule has 0 aliphatic heterocycles. The third-order valence-corrected chi connectivity index (χ3v) is 5.11. The van der Waals surface area contributed by atoms with Gasteiger partial charge in [-0.2, -0.15) is 5.26 Å². The lowest BCUT2D eigenvalue weighted by molar-refractivity contribution is -0.170. The zero-order valence-corrected chi connectivity index (χ0v) is 16.9. The second kappa shape index (κ2) is 8.09. The minimum absolute atomic E-state index is 0.00292. The SMILES string of the molecule is CCOC(=O)C1(C(=O)OCC)[C@@H](c2ccc(Br)cc2)[C@]1(C#N)C(=O)OCC. The molecular weight excluding hydrogens is 418 g/mol. The van der Waals surface area contributed by atoms with Gasteiger partial charge in [-0.15, -0.1) is 0 Å². The fraction of sp³-hybridized carbons (Fsp3) is 0.474. The van der Waals surface area contributed by atoms with Gasteiger partial charge in [-0.25, -0.2) is 0 Å². The molecule has 8 heteroatoms. The van der Waals surface area contributed by atoms with Crippen LogP contribution in [-0.4, -0.2) is 37.7 Å². The molecule has 0 aromatic heterocycles. The van der Waals surface area contributed by atoms with Crippen molar-refractivity contribution in [1.29, 1.82) is 5.26 Å². The minimum Gasteiger partial charge on any atom is -0.465 e. The molecule has 7 nitrogen and oxygen atoms in total. The first-order chi connectivity index (χ1) is 12.9. The van der Waals surface area contributed by atoms with Crippen LogP contribution in [0.15, 0.2) is 28.7 Å². The number of benzene rings is 1. The molecule has 0 spiro atoms. The van der Waals surface area contributed by atoms with Crippen LogP contribution in [0.2, 0.25) is 0 Å². The van der Waals surface area contributed by atoms with Crippen LogP contribution in [0.3, 0.4) is 0 Å². The molecule has 1 fully saturated rings. The number of carbonyl (C=O) groups excluding carboxylic acids is 3. The summed E-state index contributed by atoms with van der Waals surface area (Å²) in [5.41, 5.74) is -3.68. The molecule has 0 saturated heterocycles. The van der Waals surface area contributed by atoms with E-state index < -0.39 is 34.7 Å². The number of hydrogen-bond acceptors (Lipinski definition) is 7. The van der Waals surface area contributed by atoms with Gasteiger partial charge in [-0.05, 0) is 38.5 Å². The molecule has 0 heterocycles. The molecule has 2 atom stereocenters. The van der Waals surface area contributed by atoms with E-state index in [1.54, 1.807) is 45.0 Å². The predicted octanol–water partition coefficient (Wildman–Crippen LogP) is 2.73. The van der Waals surface area contributed by atoms with Gasteiger partial charge >= 0.3 is 17.9 Å². The van der Waals surface area contributed by atoms with Crippen LogP contribution >= 0.6 is 15.9 Å². The maximum absolute atomic E-state index is 12.9. The largest absolute Gasteiger partial charge is 0.465 e. The van der Waals surface area contributed by atoms with E-state index in [1.165, 1.54) is 0 Å². The van der Waals surface area contributed by atoms with Crippen molar-refractivity contribution >= 4 is 33.8 Å². The number of nitrogens with zero attached hydrogens (tertiary/aromatic N) is 1. The van der Waals surface area contributed by atoms with Crippen molar-refractivity contribution < 1.29 is 28.6 Å². The molecular formula is C19H20BrNO6. The van der Waals surface area contributed by atoms with Gasteiger partial charge in [-0.1, -0.05) is 28.1 Å². The van der Waals surface area contributed by atoms with Crippen LogP contribution in [0.25, 0.3) is 0 Å². The van der Waals surface area contributed by atoms with Gasteiger partial charge in [0.1, 0.15) is 0 Å². The fourth-order valence-corrected chi connectivity index (χ4v) is 3.75. The lowest BCUT2D eigenvalue weighted by Gasteiger charge is -2.17. The smallest absolute Gasteiger partial charge is 0.329 e. The maximum Gasteiger partial charge on any atom is 0.329 e. The molecule has 0 amide bonds. The van der Waals surface area contributed by atoms with Gasteiger partial charge in [0.15, 0.2) is 5.41 Å². The quantitative estimate of drug-likeness (QED) is 0.366. The minimum atomic E-state index is -2.10. The Labute approximate surface area is 165 Å². The summed E-state index contributed by atoms with van der Waals surface area (Å²) in [5.74, 6) is -3.95. The highest BCUT2D eigenvalue weighted by molar-refractivity contribution is 9.10. The Hall–Kier alpha value is -2.40. The van der Waals surface area contributed by atoms with Crippen LogP contribution < -0.4 is 0 Å².